The Bertz CT molecular complexity index is 668. The van der Waals surface area contributed by atoms with Crippen LogP contribution in [0.3, 0.4) is 0 Å². The average Bonchev–Trinajstić information content (AvgIpc) is 2.66. The van der Waals surface area contributed by atoms with Crippen molar-refractivity contribution in [2.45, 2.75) is 38.9 Å². The first kappa shape index (κ1) is 14.4. The predicted octanol–water partition coefficient (Wildman–Crippen LogP) is 2.54. The summed E-state index contributed by atoms with van der Waals surface area (Å²) in [4.78, 5) is 4.48. The van der Waals surface area contributed by atoms with E-state index in [1.165, 1.54) is 0 Å². The van der Waals surface area contributed by atoms with Crippen molar-refractivity contribution in [2.24, 2.45) is 0 Å². The largest absolute Gasteiger partial charge is 0.497 e. The molecule has 0 amide bonds. The number of hydrogen-bond donors (Lipinski definition) is 0. The molecule has 0 unspecified atom stereocenters. The first-order valence-corrected chi connectivity index (χ1v) is 7.12. The van der Waals surface area contributed by atoms with E-state index in [1.54, 1.807) is 7.11 Å². The highest BCUT2D eigenvalue weighted by Crippen LogP contribution is 2.36. The van der Waals surface area contributed by atoms with E-state index in [4.69, 9.17) is 14.0 Å². The molecule has 1 aliphatic rings. The molecule has 2 heterocycles. The number of aromatic nitrogens is 1. The highest BCUT2D eigenvalue weighted by atomic mass is 16.7. The molecular formula is C16H20BNO3. The maximum Gasteiger partial charge on any atom is 0.496 e. The van der Waals surface area contributed by atoms with Crippen LogP contribution in [0.5, 0.6) is 5.75 Å². The molecule has 0 radical (unpaired) electrons. The van der Waals surface area contributed by atoms with E-state index in [0.29, 0.717) is 0 Å². The first-order valence-electron chi connectivity index (χ1n) is 7.12. The van der Waals surface area contributed by atoms with Crippen LogP contribution in [0.2, 0.25) is 0 Å². The third-order valence-corrected chi connectivity index (χ3v) is 4.43. The summed E-state index contributed by atoms with van der Waals surface area (Å²) < 4.78 is 17.4. The standard InChI is InChI=1S/C16H20BNO3/c1-15(2)16(3,4)21-17(20-15)12-8-11-9-13(19-5)6-7-14(11)18-10-12/h6-10H,1-5H3. The zero-order valence-electron chi connectivity index (χ0n) is 13.1. The number of benzene rings is 1. The van der Waals surface area contributed by atoms with Crippen LogP contribution in [0.25, 0.3) is 10.9 Å². The number of ether oxygens (including phenoxy) is 1. The summed E-state index contributed by atoms with van der Waals surface area (Å²) in [5.74, 6) is 0.815. The Hall–Kier alpha value is -1.59. The van der Waals surface area contributed by atoms with Gasteiger partial charge >= 0.3 is 7.12 Å². The van der Waals surface area contributed by atoms with Crippen molar-refractivity contribution in [3.05, 3.63) is 30.5 Å². The van der Waals surface area contributed by atoms with Crippen LogP contribution in [0.15, 0.2) is 30.5 Å². The van der Waals surface area contributed by atoms with Gasteiger partial charge in [-0.05, 0) is 45.9 Å². The topological polar surface area (TPSA) is 40.6 Å². The van der Waals surface area contributed by atoms with Crippen molar-refractivity contribution in [1.82, 2.24) is 4.98 Å². The summed E-state index contributed by atoms with van der Waals surface area (Å²) in [6, 6.07) is 7.87. The Balaban J connectivity index is 1.98. The van der Waals surface area contributed by atoms with Gasteiger partial charge in [0.05, 0.1) is 23.8 Å². The fourth-order valence-electron chi connectivity index (χ4n) is 2.36. The van der Waals surface area contributed by atoms with Crippen molar-refractivity contribution >= 4 is 23.5 Å². The molecule has 5 heteroatoms. The van der Waals surface area contributed by atoms with Gasteiger partial charge in [0.2, 0.25) is 0 Å². The number of methoxy groups -OCH3 is 1. The molecule has 1 aromatic heterocycles. The maximum absolute atomic E-state index is 6.06. The van der Waals surface area contributed by atoms with Crippen LogP contribution < -0.4 is 10.2 Å². The summed E-state index contributed by atoms with van der Waals surface area (Å²) in [5.41, 5.74) is 1.16. The van der Waals surface area contributed by atoms with Gasteiger partial charge in [0.15, 0.2) is 0 Å². The smallest absolute Gasteiger partial charge is 0.496 e. The van der Waals surface area contributed by atoms with Crippen LogP contribution in [-0.4, -0.2) is 30.4 Å². The average molecular weight is 285 g/mol. The number of pyridine rings is 1. The molecule has 1 fully saturated rings. The van der Waals surface area contributed by atoms with Crippen molar-refractivity contribution in [2.75, 3.05) is 7.11 Å². The Kier molecular flexibility index (Phi) is 3.22. The Morgan fingerprint density at radius 1 is 1.05 bits per heavy atom. The van der Waals surface area contributed by atoms with E-state index < -0.39 is 7.12 Å². The molecule has 110 valence electrons. The molecular weight excluding hydrogens is 265 g/mol. The van der Waals surface area contributed by atoms with Crippen molar-refractivity contribution < 1.29 is 14.0 Å². The highest BCUT2D eigenvalue weighted by Gasteiger charge is 2.51. The van der Waals surface area contributed by atoms with Gasteiger partial charge in [0.25, 0.3) is 0 Å². The first-order chi connectivity index (χ1) is 9.82. The fraction of sp³-hybridized carbons (Fsp3) is 0.438. The van der Waals surface area contributed by atoms with E-state index in [0.717, 1.165) is 22.1 Å². The molecule has 0 N–H and O–H groups in total. The number of hydrogen-bond acceptors (Lipinski definition) is 4. The van der Waals surface area contributed by atoms with Crippen LogP contribution in [0.4, 0.5) is 0 Å². The molecule has 0 atom stereocenters. The zero-order chi connectivity index (χ0) is 15.3. The molecule has 2 aromatic rings. The second-order valence-corrected chi connectivity index (χ2v) is 6.42. The van der Waals surface area contributed by atoms with Gasteiger partial charge in [0.1, 0.15) is 5.75 Å². The molecule has 0 bridgehead atoms. The van der Waals surface area contributed by atoms with Crippen LogP contribution in [0, 0.1) is 0 Å². The minimum atomic E-state index is -0.391. The summed E-state index contributed by atoms with van der Waals surface area (Å²) in [5, 5.41) is 1.02. The lowest BCUT2D eigenvalue weighted by Crippen LogP contribution is -2.41. The summed E-state index contributed by atoms with van der Waals surface area (Å²) in [7, 11) is 1.27. The Morgan fingerprint density at radius 3 is 2.33 bits per heavy atom. The van der Waals surface area contributed by atoms with Gasteiger partial charge in [-0.3, -0.25) is 4.98 Å². The minimum absolute atomic E-state index is 0.346. The highest BCUT2D eigenvalue weighted by molar-refractivity contribution is 6.62. The summed E-state index contributed by atoms with van der Waals surface area (Å²) in [6.45, 7) is 8.18. The third-order valence-electron chi connectivity index (χ3n) is 4.43. The van der Waals surface area contributed by atoms with Gasteiger partial charge in [-0.1, -0.05) is 6.07 Å². The van der Waals surface area contributed by atoms with Crippen LogP contribution in [-0.2, 0) is 9.31 Å². The van der Waals surface area contributed by atoms with E-state index in [-0.39, 0.29) is 11.2 Å². The number of fused-ring (bicyclic) bond motifs is 1. The molecule has 1 saturated heterocycles. The molecule has 3 rings (SSSR count). The second-order valence-electron chi connectivity index (χ2n) is 6.42. The van der Waals surface area contributed by atoms with Crippen LogP contribution >= 0.6 is 0 Å². The lowest BCUT2D eigenvalue weighted by molar-refractivity contribution is 0.00578. The summed E-state index contributed by atoms with van der Waals surface area (Å²) in [6.07, 6.45) is 1.82. The Morgan fingerprint density at radius 2 is 1.71 bits per heavy atom. The van der Waals surface area contributed by atoms with Gasteiger partial charge in [0, 0.05) is 17.0 Å². The molecule has 4 nitrogen and oxygen atoms in total. The Labute approximate surface area is 125 Å². The number of rotatable bonds is 2. The predicted molar refractivity (Wildman–Crippen MR) is 84.0 cm³/mol. The number of nitrogens with zero attached hydrogens (tertiary/aromatic N) is 1. The van der Waals surface area contributed by atoms with Crippen molar-refractivity contribution in [3.63, 3.8) is 0 Å². The van der Waals surface area contributed by atoms with Crippen molar-refractivity contribution in [3.8, 4) is 5.75 Å². The van der Waals surface area contributed by atoms with E-state index in [9.17, 15) is 0 Å². The molecule has 0 aliphatic carbocycles. The lowest BCUT2D eigenvalue weighted by Gasteiger charge is -2.32. The van der Waals surface area contributed by atoms with Gasteiger partial charge in [-0.15, -0.1) is 0 Å². The van der Waals surface area contributed by atoms with E-state index >= 15 is 0 Å². The molecule has 0 spiro atoms. The van der Waals surface area contributed by atoms with E-state index in [2.05, 4.69) is 4.98 Å². The van der Waals surface area contributed by atoms with Gasteiger partial charge in [-0.25, -0.2) is 0 Å². The minimum Gasteiger partial charge on any atom is -0.497 e. The molecule has 1 aliphatic heterocycles. The second kappa shape index (κ2) is 4.72. The molecule has 1 aromatic carbocycles. The quantitative estimate of drug-likeness (QED) is 0.795. The normalized spacial score (nSPS) is 20.0. The molecule has 21 heavy (non-hydrogen) atoms. The fourth-order valence-corrected chi connectivity index (χ4v) is 2.36. The van der Waals surface area contributed by atoms with Crippen molar-refractivity contribution in [1.29, 1.82) is 0 Å². The van der Waals surface area contributed by atoms with E-state index in [1.807, 2.05) is 58.2 Å². The lowest BCUT2D eigenvalue weighted by atomic mass is 9.80. The zero-order valence-corrected chi connectivity index (χ0v) is 13.1. The van der Waals surface area contributed by atoms with Crippen LogP contribution in [0.1, 0.15) is 27.7 Å². The SMILES string of the molecule is COc1ccc2ncc(B3OC(C)(C)C(C)(C)O3)cc2c1. The van der Waals surface area contributed by atoms with Gasteiger partial charge in [-0.2, -0.15) is 0 Å². The molecule has 0 saturated carbocycles. The third kappa shape index (κ3) is 2.41. The van der Waals surface area contributed by atoms with Gasteiger partial charge < -0.3 is 14.0 Å². The monoisotopic (exact) mass is 285 g/mol. The summed E-state index contributed by atoms with van der Waals surface area (Å²) >= 11 is 0. The maximum atomic E-state index is 6.06.